The van der Waals surface area contributed by atoms with E-state index in [1.807, 2.05) is 48.5 Å². The van der Waals surface area contributed by atoms with Gasteiger partial charge in [0.25, 0.3) is 0 Å². The second kappa shape index (κ2) is 14.5. The normalized spacial score (nSPS) is 20.4. The summed E-state index contributed by atoms with van der Waals surface area (Å²) in [6.07, 6.45) is 5.29. The summed E-state index contributed by atoms with van der Waals surface area (Å²) in [6.45, 7) is 6.98. The van der Waals surface area contributed by atoms with Crippen molar-refractivity contribution in [2.75, 3.05) is 27.7 Å². The monoisotopic (exact) mass is 505 g/mol. The maximum Gasteiger partial charge on any atom is 0.310 e. The molecule has 0 amide bonds. The Morgan fingerprint density at radius 2 is 1.77 bits per heavy atom. The smallest absolute Gasteiger partial charge is 0.310 e. The number of aliphatic carboxylic acids is 1. The van der Waals surface area contributed by atoms with Crippen molar-refractivity contribution in [3.05, 3.63) is 65.2 Å². The Balaban J connectivity index is 0.000000350. The second-order valence-corrected chi connectivity index (χ2v) is 10.3. The average Bonchev–Trinajstić information content (AvgIpc) is 2.80. The minimum Gasteiger partial charge on any atom is -0.497 e. The first-order valence-corrected chi connectivity index (χ1v) is 12.4. The highest BCUT2D eigenvalue weighted by molar-refractivity contribution is 5.85. The zero-order chi connectivity index (χ0) is 25.3. The SMILES string of the molecule is CC(C)Cc1ccc(C(C)C(=O)O)cc1.COc1cccc([C@@]2(O)CCCC[C@@H]2CN(C)C)c1.Cl. The summed E-state index contributed by atoms with van der Waals surface area (Å²) in [5.74, 6) is 0.556. The van der Waals surface area contributed by atoms with Gasteiger partial charge in [0.2, 0.25) is 0 Å². The molecule has 2 aromatic carbocycles. The zero-order valence-electron chi connectivity index (χ0n) is 22.2. The van der Waals surface area contributed by atoms with Crippen molar-refractivity contribution in [1.29, 1.82) is 0 Å². The highest BCUT2D eigenvalue weighted by Gasteiger charge is 2.40. The molecule has 1 saturated carbocycles. The number of halogens is 1. The van der Waals surface area contributed by atoms with Crippen LogP contribution in [0.1, 0.15) is 69.1 Å². The molecule has 1 aliphatic rings. The lowest BCUT2D eigenvalue weighted by atomic mass is 9.71. The van der Waals surface area contributed by atoms with Crippen molar-refractivity contribution in [3.8, 4) is 5.75 Å². The minimum atomic E-state index is -0.772. The Hall–Kier alpha value is -2.08. The van der Waals surface area contributed by atoms with Crippen LogP contribution in [-0.2, 0) is 16.8 Å². The summed E-state index contributed by atoms with van der Waals surface area (Å²) >= 11 is 0. The van der Waals surface area contributed by atoms with Crippen LogP contribution < -0.4 is 4.74 Å². The Bertz CT molecular complexity index is 900. The fourth-order valence-electron chi connectivity index (χ4n) is 4.74. The Morgan fingerprint density at radius 3 is 2.31 bits per heavy atom. The van der Waals surface area contributed by atoms with Crippen molar-refractivity contribution in [2.24, 2.45) is 11.8 Å². The van der Waals surface area contributed by atoms with E-state index in [2.05, 4.69) is 32.8 Å². The standard InChI is InChI=1S/C16H25NO2.C13H18O2.ClH/c1-17(2)12-14-7-4-5-10-16(14,18)13-8-6-9-15(11-13)19-3;1-9(2)8-11-4-6-12(7-5-11)10(3)13(14)15;/h6,8-9,11,14,18H,4-5,7,10,12H2,1-3H3;4-7,9-10H,8H2,1-3H3,(H,14,15);1H/t14-,16+;;/m1../s1. The molecule has 2 aromatic rings. The van der Waals surface area contributed by atoms with Gasteiger partial charge in [0.05, 0.1) is 18.6 Å². The van der Waals surface area contributed by atoms with Gasteiger partial charge in [-0.25, -0.2) is 0 Å². The maximum atomic E-state index is 11.2. The number of carbonyl (C=O) groups is 1. The molecular formula is C29H44ClNO4. The van der Waals surface area contributed by atoms with Crippen molar-refractivity contribution in [1.82, 2.24) is 4.90 Å². The number of hydrogen-bond acceptors (Lipinski definition) is 4. The maximum absolute atomic E-state index is 11.2. The first kappa shape index (κ1) is 31.0. The van der Waals surface area contributed by atoms with Crippen molar-refractivity contribution in [3.63, 3.8) is 0 Å². The van der Waals surface area contributed by atoms with Crippen LogP contribution in [0.2, 0.25) is 0 Å². The van der Waals surface area contributed by atoms with Crippen LogP contribution in [0.5, 0.6) is 5.75 Å². The van der Waals surface area contributed by atoms with Crippen molar-refractivity contribution in [2.45, 2.75) is 64.4 Å². The molecule has 0 spiro atoms. The van der Waals surface area contributed by atoms with Gasteiger partial charge in [-0.2, -0.15) is 0 Å². The molecule has 3 rings (SSSR count). The van der Waals surface area contributed by atoms with E-state index >= 15 is 0 Å². The molecule has 0 radical (unpaired) electrons. The highest BCUT2D eigenvalue weighted by Crippen LogP contribution is 2.42. The van der Waals surface area contributed by atoms with Gasteiger partial charge in [-0.3, -0.25) is 4.79 Å². The van der Waals surface area contributed by atoms with Crippen molar-refractivity contribution < 1.29 is 19.7 Å². The van der Waals surface area contributed by atoms with Crippen LogP contribution >= 0.6 is 12.4 Å². The molecule has 1 unspecified atom stereocenters. The first-order valence-electron chi connectivity index (χ1n) is 12.4. The summed E-state index contributed by atoms with van der Waals surface area (Å²) in [4.78, 5) is 12.9. The largest absolute Gasteiger partial charge is 0.497 e. The van der Waals surface area contributed by atoms with Crippen LogP contribution in [0, 0.1) is 11.8 Å². The lowest BCUT2D eigenvalue weighted by molar-refractivity contribution is -0.138. The molecule has 0 saturated heterocycles. The number of hydrogen-bond donors (Lipinski definition) is 2. The summed E-state index contributed by atoms with van der Waals surface area (Å²) < 4.78 is 5.29. The summed E-state index contributed by atoms with van der Waals surface area (Å²) in [5, 5.41) is 20.0. The van der Waals surface area contributed by atoms with E-state index in [4.69, 9.17) is 9.84 Å². The number of carboxylic acid groups (broad SMARTS) is 1. The van der Waals surface area contributed by atoms with Crippen LogP contribution in [0.25, 0.3) is 0 Å². The number of carboxylic acids is 1. The summed E-state index contributed by atoms with van der Waals surface area (Å²) in [6, 6.07) is 15.8. The zero-order valence-corrected chi connectivity index (χ0v) is 23.0. The van der Waals surface area contributed by atoms with Gasteiger partial charge >= 0.3 is 5.97 Å². The van der Waals surface area contributed by atoms with E-state index in [-0.39, 0.29) is 12.4 Å². The molecule has 5 nitrogen and oxygen atoms in total. The molecule has 6 heteroatoms. The third-order valence-corrected chi connectivity index (χ3v) is 6.69. The minimum absolute atomic E-state index is 0. The summed E-state index contributed by atoms with van der Waals surface area (Å²) in [5.41, 5.74) is 2.43. The number of benzene rings is 2. The third-order valence-electron chi connectivity index (χ3n) is 6.69. The molecule has 3 atom stereocenters. The Kier molecular flexibility index (Phi) is 12.8. The topological polar surface area (TPSA) is 70.0 Å². The van der Waals surface area contributed by atoms with E-state index in [1.54, 1.807) is 14.0 Å². The molecule has 0 heterocycles. The Morgan fingerprint density at radius 1 is 1.11 bits per heavy atom. The lowest BCUT2D eigenvalue weighted by Crippen LogP contribution is -2.43. The number of methoxy groups -OCH3 is 1. The first-order chi connectivity index (χ1) is 16.1. The lowest BCUT2D eigenvalue weighted by Gasteiger charge is -2.41. The average molecular weight is 506 g/mol. The predicted molar refractivity (Wildman–Crippen MR) is 146 cm³/mol. The quantitative estimate of drug-likeness (QED) is 0.451. The van der Waals surface area contributed by atoms with E-state index in [1.165, 1.54) is 12.0 Å². The summed E-state index contributed by atoms with van der Waals surface area (Å²) in [7, 11) is 5.81. The van der Waals surface area contributed by atoms with Crippen molar-refractivity contribution >= 4 is 18.4 Å². The molecule has 1 aliphatic carbocycles. The molecule has 196 valence electrons. The van der Waals surface area contributed by atoms with Gasteiger partial charge in [0, 0.05) is 12.5 Å². The highest BCUT2D eigenvalue weighted by atomic mass is 35.5. The second-order valence-electron chi connectivity index (χ2n) is 10.3. The predicted octanol–water partition coefficient (Wildman–Crippen LogP) is 6.13. The number of aliphatic hydroxyl groups is 1. The van der Waals surface area contributed by atoms with Crippen LogP contribution in [-0.4, -0.2) is 48.8 Å². The molecule has 0 aromatic heterocycles. The van der Waals surface area contributed by atoms with Gasteiger partial charge < -0.3 is 19.8 Å². The van der Waals surface area contributed by atoms with Crippen LogP contribution in [0.15, 0.2) is 48.5 Å². The van der Waals surface area contributed by atoms with Crippen LogP contribution in [0.4, 0.5) is 0 Å². The molecule has 35 heavy (non-hydrogen) atoms. The van der Waals surface area contributed by atoms with Gasteiger partial charge in [0.15, 0.2) is 0 Å². The fourth-order valence-corrected chi connectivity index (χ4v) is 4.74. The van der Waals surface area contributed by atoms with E-state index in [0.717, 1.165) is 49.1 Å². The van der Waals surface area contributed by atoms with Gasteiger partial charge in [-0.05, 0) is 75.0 Å². The number of ether oxygens (including phenoxy) is 1. The molecule has 0 aliphatic heterocycles. The molecule has 2 N–H and O–H groups in total. The Labute approximate surface area is 217 Å². The van der Waals surface area contributed by atoms with Crippen LogP contribution in [0.3, 0.4) is 0 Å². The molecular weight excluding hydrogens is 462 g/mol. The number of nitrogens with zero attached hydrogens (tertiary/aromatic N) is 1. The fraction of sp³-hybridized carbons (Fsp3) is 0.552. The molecule has 1 fully saturated rings. The van der Waals surface area contributed by atoms with E-state index in [0.29, 0.717) is 11.8 Å². The van der Waals surface area contributed by atoms with E-state index in [9.17, 15) is 9.90 Å². The van der Waals surface area contributed by atoms with Gasteiger partial charge in [-0.15, -0.1) is 12.4 Å². The van der Waals surface area contributed by atoms with E-state index < -0.39 is 17.5 Å². The van der Waals surface area contributed by atoms with Gasteiger partial charge in [0.1, 0.15) is 5.75 Å². The third kappa shape index (κ3) is 9.14. The van der Waals surface area contributed by atoms with Gasteiger partial charge in [-0.1, -0.05) is 63.1 Å². The molecule has 0 bridgehead atoms. The number of rotatable bonds is 8.